The van der Waals surface area contributed by atoms with Crippen molar-refractivity contribution >= 4 is 5.69 Å². The van der Waals surface area contributed by atoms with E-state index in [1.165, 1.54) is 0 Å². The van der Waals surface area contributed by atoms with Gasteiger partial charge in [-0.1, -0.05) is 6.92 Å². The van der Waals surface area contributed by atoms with Crippen LogP contribution in [0.3, 0.4) is 0 Å². The van der Waals surface area contributed by atoms with E-state index < -0.39 is 0 Å². The maximum atomic E-state index is 5.53. The van der Waals surface area contributed by atoms with Gasteiger partial charge >= 0.3 is 0 Å². The molecule has 1 heterocycles. The van der Waals surface area contributed by atoms with Crippen LogP contribution in [0, 0.1) is 0 Å². The lowest BCUT2D eigenvalue weighted by Gasteiger charge is -1.95. The number of hydrogen-bond acceptors (Lipinski definition) is 3. The van der Waals surface area contributed by atoms with Crippen LogP contribution in [0.1, 0.15) is 12.6 Å². The third-order valence-electron chi connectivity index (χ3n) is 1.17. The van der Waals surface area contributed by atoms with Gasteiger partial charge in [0.2, 0.25) is 0 Å². The minimum absolute atomic E-state index is 0.729. The van der Waals surface area contributed by atoms with Crippen molar-refractivity contribution < 1.29 is 0 Å². The number of aryl methyl sites for hydroxylation is 1. The van der Waals surface area contributed by atoms with Gasteiger partial charge in [0.05, 0.1) is 17.6 Å². The first-order valence-electron chi connectivity index (χ1n) is 2.90. The average molecular weight is 123 g/mol. The summed E-state index contributed by atoms with van der Waals surface area (Å²) in [5.74, 6) is 0. The molecule has 9 heavy (non-hydrogen) atoms. The lowest BCUT2D eigenvalue weighted by atomic mass is 10.3. The molecule has 0 atom stereocenters. The van der Waals surface area contributed by atoms with Crippen molar-refractivity contribution in [1.82, 2.24) is 10.2 Å². The number of anilines is 1. The van der Waals surface area contributed by atoms with Crippen molar-refractivity contribution in [3.63, 3.8) is 0 Å². The predicted octanol–water partition coefficient (Wildman–Crippen LogP) is 0.621. The minimum Gasteiger partial charge on any atom is -0.397 e. The van der Waals surface area contributed by atoms with Crippen molar-refractivity contribution in [1.29, 1.82) is 0 Å². The summed E-state index contributed by atoms with van der Waals surface area (Å²) >= 11 is 0. The van der Waals surface area contributed by atoms with E-state index in [9.17, 15) is 0 Å². The van der Waals surface area contributed by atoms with Gasteiger partial charge in [0.15, 0.2) is 0 Å². The zero-order chi connectivity index (χ0) is 6.69. The summed E-state index contributed by atoms with van der Waals surface area (Å²) in [5, 5.41) is 7.51. The molecular weight excluding hydrogens is 114 g/mol. The Kier molecular flexibility index (Phi) is 1.63. The Labute approximate surface area is 53.9 Å². The molecule has 0 fully saturated rings. The number of aromatic nitrogens is 2. The van der Waals surface area contributed by atoms with Crippen LogP contribution in [0.15, 0.2) is 12.3 Å². The van der Waals surface area contributed by atoms with Gasteiger partial charge in [0.25, 0.3) is 0 Å². The van der Waals surface area contributed by atoms with Gasteiger partial charge in [0.1, 0.15) is 0 Å². The minimum atomic E-state index is 0.729. The molecule has 0 saturated heterocycles. The highest BCUT2D eigenvalue weighted by atomic mass is 15.1. The second-order valence-electron chi connectivity index (χ2n) is 1.79. The number of hydrogen-bond donors (Lipinski definition) is 1. The molecule has 48 valence electrons. The Hall–Kier alpha value is -1.12. The summed E-state index contributed by atoms with van der Waals surface area (Å²) < 4.78 is 0. The summed E-state index contributed by atoms with van der Waals surface area (Å²) in [6, 6.07) is 1.76. The van der Waals surface area contributed by atoms with Crippen molar-refractivity contribution in [2.24, 2.45) is 0 Å². The van der Waals surface area contributed by atoms with E-state index >= 15 is 0 Å². The second-order valence-corrected chi connectivity index (χ2v) is 1.79. The molecule has 0 radical (unpaired) electrons. The van der Waals surface area contributed by atoms with E-state index in [-0.39, 0.29) is 0 Å². The molecule has 0 bridgehead atoms. The number of nitrogens with zero attached hydrogens (tertiary/aromatic N) is 2. The maximum absolute atomic E-state index is 5.53. The van der Waals surface area contributed by atoms with Crippen LogP contribution in [-0.4, -0.2) is 10.2 Å². The lowest BCUT2D eigenvalue weighted by molar-refractivity contribution is 0.924. The quantitative estimate of drug-likeness (QED) is 0.595. The van der Waals surface area contributed by atoms with Gasteiger partial charge in [-0.3, -0.25) is 0 Å². The van der Waals surface area contributed by atoms with Gasteiger partial charge in [-0.05, 0) is 12.5 Å². The van der Waals surface area contributed by atoms with Gasteiger partial charge < -0.3 is 5.73 Å². The molecule has 3 heteroatoms. The molecule has 0 aliphatic heterocycles. The first kappa shape index (κ1) is 6.01. The highest BCUT2D eigenvalue weighted by molar-refractivity contribution is 5.40. The molecule has 0 spiro atoms. The summed E-state index contributed by atoms with van der Waals surface area (Å²) in [5.41, 5.74) is 7.13. The molecule has 1 aromatic rings. The first-order valence-corrected chi connectivity index (χ1v) is 2.90. The molecule has 1 aromatic heterocycles. The van der Waals surface area contributed by atoms with Gasteiger partial charge in [-0.25, -0.2) is 0 Å². The summed E-state index contributed by atoms with van der Waals surface area (Å²) in [4.78, 5) is 0. The maximum Gasteiger partial charge on any atom is 0.0857 e. The molecular formula is C6H9N3. The van der Waals surface area contributed by atoms with Gasteiger partial charge in [-0.15, -0.1) is 0 Å². The Morgan fingerprint density at radius 2 is 2.44 bits per heavy atom. The van der Waals surface area contributed by atoms with Crippen LogP contribution in [0.2, 0.25) is 0 Å². The number of rotatable bonds is 1. The molecule has 3 nitrogen and oxygen atoms in total. The fourth-order valence-electron chi connectivity index (χ4n) is 0.645. The van der Waals surface area contributed by atoms with Crippen molar-refractivity contribution in [2.75, 3.05) is 5.73 Å². The smallest absolute Gasteiger partial charge is 0.0857 e. The molecule has 0 saturated carbocycles. The zero-order valence-corrected chi connectivity index (χ0v) is 5.33. The molecule has 0 aromatic carbocycles. The van der Waals surface area contributed by atoms with Gasteiger partial charge in [-0.2, -0.15) is 10.2 Å². The van der Waals surface area contributed by atoms with Crippen LogP contribution in [0.25, 0.3) is 0 Å². The Morgan fingerprint density at radius 1 is 1.67 bits per heavy atom. The standard InChI is InChI=1S/C6H9N3/c1-2-6-5(7)3-4-8-9-6/h3-4H,2H2,1H3,(H2,7,8). The Bertz CT molecular complexity index is 197. The van der Waals surface area contributed by atoms with Crippen LogP contribution in [0.5, 0.6) is 0 Å². The molecule has 2 N–H and O–H groups in total. The predicted molar refractivity (Wildman–Crippen MR) is 35.8 cm³/mol. The third-order valence-corrected chi connectivity index (χ3v) is 1.17. The molecule has 0 aliphatic rings. The van der Waals surface area contributed by atoms with Crippen molar-refractivity contribution in [3.8, 4) is 0 Å². The van der Waals surface area contributed by atoms with Crippen molar-refractivity contribution in [3.05, 3.63) is 18.0 Å². The monoisotopic (exact) mass is 123 g/mol. The topological polar surface area (TPSA) is 51.8 Å². The second kappa shape index (κ2) is 2.44. The van der Waals surface area contributed by atoms with Gasteiger partial charge in [0, 0.05) is 0 Å². The van der Waals surface area contributed by atoms with E-state index in [2.05, 4.69) is 10.2 Å². The van der Waals surface area contributed by atoms with Crippen LogP contribution < -0.4 is 5.73 Å². The number of nitrogens with two attached hydrogens (primary N) is 1. The highest BCUT2D eigenvalue weighted by Gasteiger charge is 1.93. The summed E-state index contributed by atoms with van der Waals surface area (Å²) in [6.07, 6.45) is 2.44. The summed E-state index contributed by atoms with van der Waals surface area (Å²) in [6.45, 7) is 2.00. The van der Waals surface area contributed by atoms with Crippen molar-refractivity contribution in [2.45, 2.75) is 13.3 Å². The van der Waals surface area contributed by atoms with E-state index in [1.807, 2.05) is 6.92 Å². The SMILES string of the molecule is CCc1nnccc1N. The van der Waals surface area contributed by atoms with E-state index in [1.54, 1.807) is 12.3 Å². The lowest BCUT2D eigenvalue weighted by Crippen LogP contribution is -1.96. The largest absolute Gasteiger partial charge is 0.397 e. The molecule has 0 aliphatic carbocycles. The average Bonchev–Trinajstić information content (AvgIpc) is 1.89. The fraction of sp³-hybridized carbons (Fsp3) is 0.333. The van der Waals surface area contributed by atoms with Crippen LogP contribution >= 0.6 is 0 Å². The molecule has 0 unspecified atom stereocenters. The number of nitrogen functional groups attached to an aromatic ring is 1. The summed E-state index contributed by atoms with van der Waals surface area (Å²) in [7, 11) is 0. The van der Waals surface area contributed by atoms with E-state index in [0.29, 0.717) is 0 Å². The normalized spacial score (nSPS) is 9.44. The van der Waals surface area contributed by atoms with E-state index in [4.69, 9.17) is 5.73 Å². The van der Waals surface area contributed by atoms with E-state index in [0.717, 1.165) is 17.8 Å². The fourth-order valence-corrected chi connectivity index (χ4v) is 0.645. The zero-order valence-electron chi connectivity index (χ0n) is 5.33. The molecule has 1 rings (SSSR count). The first-order chi connectivity index (χ1) is 4.34. The molecule has 0 amide bonds. The van der Waals surface area contributed by atoms with Crippen LogP contribution in [0.4, 0.5) is 5.69 Å². The highest BCUT2D eigenvalue weighted by Crippen LogP contribution is 2.04. The Morgan fingerprint density at radius 3 is 2.89 bits per heavy atom. The Balaban J connectivity index is 3.01. The third kappa shape index (κ3) is 1.16. The van der Waals surface area contributed by atoms with Crippen LogP contribution in [-0.2, 0) is 6.42 Å².